The van der Waals surface area contributed by atoms with E-state index in [4.69, 9.17) is 30.7 Å². The molecule has 0 aliphatic carbocycles. The minimum absolute atomic E-state index is 0. The second-order valence-electron chi connectivity index (χ2n) is 13.9. The molecule has 0 aliphatic rings. The van der Waals surface area contributed by atoms with Crippen molar-refractivity contribution in [3.05, 3.63) is 46.5 Å². The fraction of sp³-hybridized carbons (Fsp3) is 0.636. The van der Waals surface area contributed by atoms with Crippen LogP contribution in [-0.2, 0) is 40.7 Å². The third-order valence-corrected chi connectivity index (χ3v) is 10.1. The number of aryl methyl sites for hydroxylation is 1. The fourth-order valence-corrected chi connectivity index (χ4v) is 9.55. The first kappa shape index (κ1) is 45.3. The van der Waals surface area contributed by atoms with Gasteiger partial charge in [-0.2, -0.15) is 0 Å². The van der Waals surface area contributed by atoms with Crippen molar-refractivity contribution in [1.82, 2.24) is 0 Å². The van der Waals surface area contributed by atoms with E-state index in [0.29, 0.717) is 30.3 Å². The molecule has 0 saturated carbocycles. The van der Waals surface area contributed by atoms with Crippen LogP contribution in [0.5, 0.6) is 5.75 Å². The van der Waals surface area contributed by atoms with Gasteiger partial charge in [0.1, 0.15) is 5.75 Å². The van der Waals surface area contributed by atoms with Crippen LogP contribution in [-0.4, -0.2) is 55.9 Å². The Bertz CT molecular complexity index is 1350. The van der Waals surface area contributed by atoms with Crippen LogP contribution in [0.4, 0.5) is 0 Å². The third kappa shape index (κ3) is 15.2. The first-order valence-corrected chi connectivity index (χ1v) is 19.5. The van der Waals surface area contributed by atoms with Gasteiger partial charge in [-0.15, -0.1) is 0 Å². The zero-order valence-corrected chi connectivity index (χ0v) is 33.6. The topological polar surface area (TPSA) is 124 Å². The Balaban J connectivity index is 0. The summed E-state index contributed by atoms with van der Waals surface area (Å²) in [7, 11) is -6.53. The van der Waals surface area contributed by atoms with Gasteiger partial charge in [0.05, 0.1) is 27.3 Å². The number of rotatable bonds is 6. The number of methoxy groups -OCH3 is 1. The number of ether oxygens (including phenoxy) is 1. The van der Waals surface area contributed by atoms with Crippen LogP contribution in [0.2, 0.25) is 0 Å². The molecule has 0 amide bonds. The summed E-state index contributed by atoms with van der Waals surface area (Å²) in [4.78, 5) is 0. The van der Waals surface area contributed by atoms with Gasteiger partial charge in [0.15, 0.2) is 0 Å². The maximum atomic E-state index is 9.08. The molecule has 0 aromatic heterocycles. The monoisotopic (exact) mass is 764 g/mol. The van der Waals surface area contributed by atoms with Crippen LogP contribution >= 0.6 is 7.92 Å². The van der Waals surface area contributed by atoms with Crippen molar-refractivity contribution in [2.45, 2.75) is 118 Å². The molecule has 0 N–H and O–H groups in total. The molecule has 2 rings (SSSR count). The summed E-state index contributed by atoms with van der Waals surface area (Å²) in [5.74, 6) is 2.46. The van der Waals surface area contributed by atoms with Crippen LogP contribution in [0.1, 0.15) is 123 Å². The number of hydrogen-bond acceptors (Lipinski definition) is 7. The Morgan fingerprint density at radius 2 is 1.05 bits per heavy atom. The Morgan fingerprint density at radius 3 is 1.30 bits per heavy atom. The SMILES string of the molecule is COc1ccc(C)c(-c2c(C(C)C)cc(C(C)C)cc2C(C)C)c1P(C(C)(C)C)C(C)(C)C.CS(=O)(=O)[O-].CS(=O)(=O)[O-].[Pd+2]. The smallest absolute Gasteiger partial charge is 0.748 e. The summed E-state index contributed by atoms with van der Waals surface area (Å²) >= 11 is 0. The molecular weight excluding hydrogens is 710 g/mol. The van der Waals surface area contributed by atoms with Crippen molar-refractivity contribution in [1.29, 1.82) is 0 Å². The van der Waals surface area contributed by atoms with Crippen molar-refractivity contribution in [2.24, 2.45) is 0 Å². The van der Waals surface area contributed by atoms with Crippen molar-refractivity contribution >= 4 is 33.5 Å². The van der Waals surface area contributed by atoms with Crippen molar-refractivity contribution in [2.75, 3.05) is 19.6 Å². The molecule has 0 fully saturated rings. The summed E-state index contributed by atoms with van der Waals surface area (Å²) in [5.41, 5.74) is 8.63. The number of benzene rings is 2. The van der Waals surface area contributed by atoms with Gasteiger partial charge in [0.2, 0.25) is 0 Å². The normalized spacial score (nSPS) is 12.4. The molecule has 0 saturated heterocycles. The summed E-state index contributed by atoms with van der Waals surface area (Å²) < 4.78 is 60.6. The van der Waals surface area contributed by atoms with Gasteiger partial charge in [-0.3, -0.25) is 0 Å². The summed E-state index contributed by atoms with van der Waals surface area (Å²) in [6, 6.07) is 9.43. The average Bonchev–Trinajstić information content (AvgIpc) is 2.74. The summed E-state index contributed by atoms with van der Waals surface area (Å²) in [6.45, 7) is 30.7. The van der Waals surface area contributed by atoms with Crippen LogP contribution in [0, 0.1) is 6.92 Å². The van der Waals surface area contributed by atoms with E-state index in [1.807, 2.05) is 7.11 Å². The number of hydrogen-bond donors (Lipinski definition) is 0. The first-order chi connectivity index (χ1) is 19.0. The summed E-state index contributed by atoms with van der Waals surface area (Å²) in [5, 5.41) is 1.74. The van der Waals surface area contributed by atoms with Gasteiger partial charge < -0.3 is 13.8 Å². The molecule has 0 spiro atoms. The second-order valence-corrected chi connectivity index (χ2v) is 20.5. The van der Waals surface area contributed by atoms with Gasteiger partial charge in [0, 0.05) is 17.8 Å². The average molecular weight is 765 g/mol. The van der Waals surface area contributed by atoms with Crippen molar-refractivity contribution in [3.63, 3.8) is 0 Å². The molecule has 2 aromatic rings. The van der Waals surface area contributed by atoms with E-state index in [9.17, 15) is 0 Å². The van der Waals surface area contributed by atoms with Crippen LogP contribution in [0.15, 0.2) is 24.3 Å². The quantitative estimate of drug-likeness (QED) is 0.166. The van der Waals surface area contributed by atoms with Crippen LogP contribution in [0.3, 0.4) is 0 Å². The van der Waals surface area contributed by atoms with Gasteiger partial charge in [-0.1, -0.05) is 109 Å². The fourth-order valence-electron chi connectivity index (χ4n) is 5.30. The molecule has 44 heavy (non-hydrogen) atoms. The molecule has 0 atom stereocenters. The molecule has 2 aromatic carbocycles. The predicted octanol–water partition coefficient (Wildman–Crippen LogP) is 8.07. The Labute approximate surface area is 284 Å². The van der Waals surface area contributed by atoms with Gasteiger partial charge in [0.25, 0.3) is 0 Å². The standard InChI is InChI=1S/C31H49OP.2CH4O3S.Pd/c1-19(2)23-17-24(20(3)4)28(25(18-23)21(5)6)27-22(7)15-16-26(32-14)29(27)33(30(8,9)10)31(11,12)13;2*1-5(2,3)4;/h15-21H,1-14H3;2*1H3,(H,2,3,4);/q;;;+2/p-2. The van der Waals surface area contributed by atoms with Gasteiger partial charge in [-0.25, -0.2) is 16.8 Å². The van der Waals surface area contributed by atoms with E-state index in [2.05, 4.69) is 114 Å². The van der Waals surface area contributed by atoms with Crippen LogP contribution < -0.4 is 10.0 Å². The minimum atomic E-state index is -3.92. The maximum Gasteiger partial charge on any atom is 2.00 e. The molecule has 7 nitrogen and oxygen atoms in total. The molecule has 256 valence electrons. The van der Waals surface area contributed by atoms with Gasteiger partial charge in [-0.05, 0) is 74.4 Å². The summed E-state index contributed by atoms with van der Waals surface area (Å²) in [6.07, 6.45) is 1.21. The minimum Gasteiger partial charge on any atom is -0.748 e. The van der Waals surface area contributed by atoms with E-state index in [1.165, 1.54) is 38.7 Å². The molecule has 0 heterocycles. The second kappa shape index (κ2) is 17.3. The zero-order valence-electron chi connectivity index (χ0n) is 29.5. The van der Waals surface area contributed by atoms with E-state index in [-0.39, 0.29) is 30.7 Å². The van der Waals surface area contributed by atoms with Crippen LogP contribution in [0.25, 0.3) is 11.1 Å². The predicted molar refractivity (Wildman–Crippen MR) is 183 cm³/mol. The van der Waals surface area contributed by atoms with Crippen molar-refractivity contribution < 1.29 is 51.1 Å². The van der Waals surface area contributed by atoms with Crippen molar-refractivity contribution in [3.8, 4) is 16.9 Å². The Kier molecular flexibility index (Phi) is 17.8. The molecule has 0 aliphatic heterocycles. The zero-order chi connectivity index (χ0) is 34.5. The third-order valence-electron chi connectivity index (χ3n) is 6.52. The van der Waals surface area contributed by atoms with E-state index < -0.39 is 28.2 Å². The van der Waals surface area contributed by atoms with E-state index in [0.717, 1.165) is 5.75 Å². The Hall–Kier alpha value is -0.848. The molecular formula is C33H55O7PPdS2. The molecule has 11 heteroatoms. The largest absolute Gasteiger partial charge is 2.00 e. The first-order valence-electron chi connectivity index (χ1n) is 14.5. The maximum absolute atomic E-state index is 9.08. The molecule has 0 bridgehead atoms. The van der Waals surface area contributed by atoms with Gasteiger partial charge >= 0.3 is 20.4 Å². The molecule has 0 unspecified atom stereocenters. The van der Waals surface area contributed by atoms with E-state index in [1.54, 1.807) is 0 Å². The molecule has 0 radical (unpaired) electrons. The Morgan fingerprint density at radius 1 is 0.705 bits per heavy atom. The van der Waals surface area contributed by atoms with E-state index >= 15 is 0 Å².